The van der Waals surface area contributed by atoms with Crippen molar-refractivity contribution in [1.82, 2.24) is 5.32 Å². The van der Waals surface area contributed by atoms with Crippen LogP contribution in [0.2, 0.25) is 0 Å². The highest BCUT2D eigenvalue weighted by Crippen LogP contribution is 2.30. The molecule has 0 radical (unpaired) electrons. The number of nitrogens with one attached hydrogen (secondary N) is 1. The fraction of sp³-hybridized carbons (Fsp3) is 0.818. The first-order chi connectivity index (χ1) is 6.68. The number of nitrogens with zero attached hydrogens (tertiary/aromatic N) is 1. The van der Waals surface area contributed by atoms with Gasteiger partial charge >= 0.3 is 6.03 Å². The van der Waals surface area contributed by atoms with Gasteiger partial charge in [0.25, 0.3) is 0 Å². The van der Waals surface area contributed by atoms with Crippen molar-refractivity contribution < 1.29 is 4.79 Å². The Morgan fingerprint density at radius 1 is 1.36 bits per heavy atom. The van der Waals surface area contributed by atoms with Crippen molar-refractivity contribution in [2.45, 2.75) is 45.6 Å². The van der Waals surface area contributed by atoms with Crippen LogP contribution < -0.4 is 5.32 Å². The van der Waals surface area contributed by atoms with Gasteiger partial charge in [0.2, 0.25) is 0 Å². The highest BCUT2D eigenvalue weighted by atomic mass is 16.2. The van der Waals surface area contributed by atoms with Gasteiger partial charge in [0, 0.05) is 17.7 Å². The zero-order valence-electron chi connectivity index (χ0n) is 8.92. The Labute approximate surface area is 85.0 Å². The van der Waals surface area contributed by atoms with E-state index in [4.69, 9.17) is 0 Å². The number of carbonyl (C=O) groups excluding carboxylic acids is 1. The van der Waals surface area contributed by atoms with Crippen molar-refractivity contribution in [2.24, 2.45) is 16.8 Å². The summed E-state index contributed by atoms with van der Waals surface area (Å²) in [5.41, 5.74) is 1.12. The van der Waals surface area contributed by atoms with Crippen LogP contribution in [0.3, 0.4) is 0 Å². The average molecular weight is 194 g/mol. The molecule has 3 nitrogen and oxygen atoms in total. The number of amides is 2. The Morgan fingerprint density at radius 2 is 2.07 bits per heavy atom. The van der Waals surface area contributed by atoms with Crippen LogP contribution in [0.1, 0.15) is 39.5 Å². The standard InChI is InChI=1S/C11H18N2O/c1-7(2)10-8-5-3-4-6-9(8)12-11(14)13-10/h7-9H,3-6H2,1-2H3,(H,12,14). The normalized spacial score (nSPS) is 32.2. The van der Waals surface area contributed by atoms with Crippen molar-refractivity contribution in [3.05, 3.63) is 0 Å². The van der Waals surface area contributed by atoms with Gasteiger partial charge in [-0.2, -0.15) is 0 Å². The molecule has 0 spiro atoms. The minimum atomic E-state index is -0.128. The second kappa shape index (κ2) is 3.71. The molecule has 2 aliphatic rings. The van der Waals surface area contributed by atoms with E-state index in [1.54, 1.807) is 0 Å². The molecule has 2 amide bonds. The molecule has 1 saturated carbocycles. The van der Waals surface area contributed by atoms with Gasteiger partial charge in [-0.3, -0.25) is 0 Å². The summed E-state index contributed by atoms with van der Waals surface area (Å²) in [5, 5.41) is 2.98. The van der Waals surface area contributed by atoms with Gasteiger partial charge in [-0.15, -0.1) is 0 Å². The van der Waals surface area contributed by atoms with Crippen LogP contribution in [-0.2, 0) is 0 Å². The minimum Gasteiger partial charge on any atom is -0.333 e. The van der Waals surface area contributed by atoms with E-state index in [9.17, 15) is 4.79 Å². The van der Waals surface area contributed by atoms with Crippen LogP contribution >= 0.6 is 0 Å². The minimum absolute atomic E-state index is 0.128. The highest BCUT2D eigenvalue weighted by molar-refractivity contribution is 6.00. The molecule has 3 heteroatoms. The smallest absolute Gasteiger partial charge is 0.333 e. The largest absolute Gasteiger partial charge is 0.341 e. The molecule has 1 fully saturated rings. The summed E-state index contributed by atoms with van der Waals surface area (Å²) in [6.45, 7) is 4.26. The molecule has 2 unspecified atom stereocenters. The van der Waals surface area contributed by atoms with E-state index in [-0.39, 0.29) is 6.03 Å². The monoisotopic (exact) mass is 194 g/mol. The SMILES string of the molecule is CC(C)C1=NC(=O)NC2CCCCC12. The molecule has 0 aromatic rings. The molecule has 2 atom stereocenters. The first-order valence-electron chi connectivity index (χ1n) is 5.57. The highest BCUT2D eigenvalue weighted by Gasteiger charge is 2.34. The molecular weight excluding hydrogens is 176 g/mol. The van der Waals surface area contributed by atoms with Crippen molar-refractivity contribution in [3.63, 3.8) is 0 Å². The number of carbonyl (C=O) groups is 1. The maximum atomic E-state index is 11.3. The van der Waals surface area contributed by atoms with E-state index in [0.29, 0.717) is 17.9 Å². The second-order valence-electron chi connectivity index (χ2n) is 4.64. The van der Waals surface area contributed by atoms with Gasteiger partial charge in [-0.1, -0.05) is 26.7 Å². The number of rotatable bonds is 1. The lowest BCUT2D eigenvalue weighted by Crippen LogP contribution is -2.49. The molecule has 1 heterocycles. The molecule has 1 aliphatic heterocycles. The van der Waals surface area contributed by atoms with Gasteiger partial charge in [0.15, 0.2) is 0 Å². The molecule has 14 heavy (non-hydrogen) atoms. The third kappa shape index (κ3) is 1.68. The fourth-order valence-electron chi connectivity index (χ4n) is 2.61. The van der Waals surface area contributed by atoms with Crippen molar-refractivity contribution in [1.29, 1.82) is 0 Å². The Bertz CT molecular complexity index is 270. The van der Waals surface area contributed by atoms with Gasteiger partial charge in [-0.25, -0.2) is 9.79 Å². The Morgan fingerprint density at radius 3 is 2.79 bits per heavy atom. The summed E-state index contributed by atoms with van der Waals surface area (Å²) in [6, 6.07) is 0.239. The second-order valence-corrected chi connectivity index (χ2v) is 4.64. The third-order valence-electron chi connectivity index (χ3n) is 3.28. The topological polar surface area (TPSA) is 41.5 Å². The number of aliphatic imine (C=N–C) groups is 1. The quantitative estimate of drug-likeness (QED) is 0.684. The Kier molecular flexibility index (Phi) is 2.57. The van der Waals surface area contributed by atoms with E-state index < -0.39 is 0 Å². The number of hydrogen-bond donors (Lipinski definition) is 1. The van der Waals surface area contributed by atoms with Crippen molar-refractivity contribution in [3.8, 4) is 0 Å². The van der Waals surface area contributed by atoms with Crippen LogP contribution in [0.15, 0.2) is 4.99 Å². The average Bonchev–Trinajstić information content (AvgIpc) is 2.16. The van der Waals surface area contributed by atoms with Gasteiger partial charge < -0.3 is 5.32 Å². The predicted molar refractivity (Wildman–Crippen MR) is 56.6 cm³/mol. The van der Waals surface area contributed by atoms with Crippen molar-refractivity contribution in [2.75, 3.05) is 0 Å². The van der Waals surface area contributed by atoms with Crippen LogP contribution in [-0.4, -0.2) is 17.8 Å². The molecule has 1 aliphatic carbocycles. The van der Waals surface area contributed by atoms with Crippen LogP contribution in [0, 0.1) is 11.8 Å². The van der Waals surface area contributed by atoms with E-state index in [0.717, 1.165) is 12.1 Å². The van der Waals surface area contributed by atoms with Gasteiger partial charge in [0.05, 0.1) is 0 Å². The number of hydrogen-bond acceptors (Lipinski definition) is 1. The summed E-state index contributed by atoms with van der Waals surface area (Å²) < 4.78 is 0. The first-order valence-corrected chi connectivity index (χ1v) is 5.57. The lowest BCUT2D eigenvalue weighted by molar-refractivity contribution is 0.230. The zero-order valence-corrected chi connectivity index (χ0v) is 8.92. The molecule has 0 saturated heterocycles. The maximum absolute atomic E-state index is 11.3. The van der Waals surface area contributed by atoms with E-state index in [2.05, 4.69) is 24.2 Å². The third-order valence-corrected chi connectivity index (χ3v) is 3.28. The zero-order chi connectivity index (χ0) is 10.1. The fourth-order valence-corrected chi connectivity index (χ4v) is 2.61. The molecule has 1 N–H and O–H groups in total. The molecule has 0 aromatic heterocycles. The van der Waals surface area contributed by atoms with Crippen LogP contribution in [0.4, 0.5) is 4.79 Å². The van der Waals surface area contributed by atoms with E-state index >= 15 is 0 Å². The van der Waals surface area contributed by atoms with E-state index in [1.807, 2.05) is 0 Å². The van der Waals surface area contributed by atoms with Crippen LogP contribution in [0.5, 0.6) is 0 Å². The molecular formula is C11H18N2O. The summed E-state index contributed by atoms with van der Waals surface area (Å²) in [7, 11) is 0. The van der Waals surface area contributed by atoms with E-state index in [1.165, 1.54) is 19.3 Å². The molecule has 78 valence electrons. The summed E-state index contributed by atoms with van der Waals surface area (Å²) in [5.74, 6) is 0.924. The molecule has 0 aromatic carbocycles. The lowest BCUT2D eigenvalue weighted by Gasteiger charge is -2.36. The number of urea groups is 1. The predicted octanol–water partition coefficient (Wildman–Crippen LogP) is 2.37. The maximum Gasteiger partial charge on any atom is 0.341 e. The van der Waals surface area contributed by atoms with Gasteiger partial charge in [-0.05, 0) is 18.8 Å². The molecule has 2 rings (SSSR count). The van der Waals surface area contributed by atoms with Gasteiger partial charge in [0.1, 0.15) is 0 Å². The molecule has 0 bridgehead atoms. The number of fused-ring (bicyclic) bond motifs is 1. The first kappa shape index (κ1) is 9.69. The summed E-state index contributed by atoms with van der Waals surface area (Å²) in [4.78, 5) is 15.5. The Balaban J connectivity index is 2.23. The summed E-state index contributed by atoms with van der Waals surface area (Å²) >= 11 is 0. The van der Waals surface area contributed by atoms with Crippen molar-refractivity contribution >= 4 is 11.7 Å². The van der Waals surface area contributed by atoms with Crippen LogP contribution in [0.25, 0.3) is 0 Å². The lowest BCUT2D eigenvalue weighted by atomic mass is 9.77. The summed E-state index contributed by atoms with van der Waals surface area (Å²) in [6.07, 6.45) is 4.85. The Hall–Kier alpha value is -0.860.